The van der Waals surface area contributed by atoms with Gasteiger partial charge in [-0.2, -0.15) is 5.10 Å². The molecule has 0 unspecified atom stereocenters. The Balaban J connectivity index is 1.95. The monoisotopic (exact) mass is 279 g/mol. The van der Waals surface area contributed by atoms with Gasteiger partial charge in [-0.3, -0.25) is 4.68 Å². The number of esters is 1. The van der Waals surface area contributed by atoms with Crippen LogP contribution >= 0.6 is 0 Å². The summed E-state index contributed by atoms with van der Waals surface area (Å²) in [6, 6.07) is 0. The highest BCUT2D eigenvalue weighted by atomic mass is 16.5. The van der Waals surface area contributed by atoms with Crippen molar-refractivity contribution >= 4 is 5.97 Å². The van der Waals surface area contributed by atoms with E-state index in [9.17, 15) is 4.79 Å². The van der Waals surface area contributed by atoms with E-state index in [1.807, 2.05) is 14.0 Å². The molecule has 0 bridgehead atoms. The van der Waals surface area contributed by atoms with Gasteiger partial charge in [-0.05, 0) is 25.2 Å². The molecule has 2 rings (SSSR count). The van der Waals surface area contributed by atoms with Crippen LogP contribution in [-0.2, 0) is 18.3 Å². The van der Waals surface area contributed by atoms with Gasteiger partial charge in [0.15, 0.2) is 0 Å². The van der Waals surface area contributed by atoms with E-state index in [0.29, 0.717) is 24.1 Å². The SMILES string of the molecule is CCOC(=O)c1cnn(C)c1CNCC1(C)CCCC1. The van der Waals surface area contributed by atoms with Crippen molar-refractivity contribution in [3.63, 3.8) is 0 Å². The lowest BCUT2D eigenvalue weighted by Crippen LogP contribution is -2.30. The first kappa shape index (κ1) is 15.0. The minimum absolute atomic E-state index is 0.288. The van der Waals surface area contributed by atoms with Gasteiger partial charge in [-0.15, -0.1) is 0 Å². The largest absolute Gasteiger partial charge is 0.462 e. The average molecular weight is 279 g/mol. The Morgan fingerprint density at radius 2 is 2.20 bits per heavy atom. The summed E-state index contributed by atoms with van der Waals surface area (Å²) >= 11 is 0. The van der Waals surface area contributed by atoms with Crippen molar-refractivity contribution in [3.8, 4) is 0 Å². The molecule has 1 saturated carbocycles. The predicted octanol–water partition coefficient (Wildman–Crippen LogP) is 2.27. The minimum atomic E-state index is -0.288. The molecule has 1 aliphatic carbocycles. The normalized spacial score (nSPS) is 17.4. The molecule has 0 atom stereocenters. The zero-order valence-corrected chi connectivity index (χ0v) is 12.7. The number of nitrogens with one attached hydrogen (secondary N) is 1. The van der Waals surface area contributed by atoms with E-state index in [2.05, 4.69) is 17.3 Å². The Labute approximate surface area is 120 Å². The van der Waals surface area contributed by atoms with Crippen LogP contribution in [0.5, 0.6) is 0 Å². The molecule has 0 radical (unpaired) electrons. The third-order valence-corrected chi connectivity index (χ3v) is 4.21. The minimum Gasteiger partial charge on any atom is -0.462 e. The van der Waals surface area contributed by atoms with E-state index in [1.54, 1.807) is 10.9 Å². The summed E-state index contributed by atoms with van der Waals surface area (Å²) < 4.78 is 6.81. The molecule has 1 aliphatic rings. The lowest BCUT2D eigenvalue weighted by molar-refractivity contribution is 0.0524. The fourth-order valence-corrected chi connectivity index (χ4v) is 2.94. The zero-order valence-electron chi connectivity index (χ0n) is 12.7. The molecule has 1 aromatic rings. The summed E-state index contributed by atoms with van der Waals surface area (Å²) in [6.45, 7) is 6.18. The van der Waals surface area contributed by atoms with E-state index >= 15 is 0 Å². The second-order valence-corrected chi connectivity index (χ2v) is 5.97. The van der Waals surface area contributed by atoms with Crippen molar-refractivity contribution in [2.24, 2.45) is 12.5 Å². The fourth-order valence-electron chi connectivity index (χ4n) is 2.94. The summed E-state index contributed by atoms with van der Waals surface area (Å²) in [6.07, 6.45) is 6.83. The van der Waals surface area contributed by atoms with Crippen LogP contribution in [0.4, 0.5) is 0 Å². The topological polar surface area (TPSA) is 56.1 Å². The molecule has 0 aliphatic heterocycles. The van der Waals surface area contributed by atoms with Crippen molar-refractivity contribution in [2.45, 2.75) is 46.1 Å². The van der Waals surface area contributed by atoms with Gasteiger partial charge >= 0.3 is 5.97 Å². The second-order valence-electron chi connectivity index (χ2n) is 5.97. The first-order chi connectivity index (χ1) is 9.56. The summed E-state index contributed by atoms with van der Waals surface area (Å²) in [5, 5.41) is 7.64. The van der Waals surface area contributed by atoms with Crippen LogP contribution in [0.25, 0.3) is 0 Å². The third-order valence-electron chi connectivity index (χ3n) is 4.21. The molecule has 0 amide bonds. The van der Waals surface area contributed by atoms with Gasteiger partial charge in [0.25, 0.3) is 0 Å². The molecule has 0 spiro atoms. The maximum atomic E-state index is 11.9. The van der Waals surface area contributed by atoms with Crippen molar-refractivity contribution < 1.29 is 9.53 Å². The fraction of sp³-hybridized carbons (Fsp3) is 0.733. The first-order valence-corrected chi connectivity index (χ1v) is 7.44. The number of carbonyl (C=O) groups is 1. The van der Waals surface area contributed by atoms with E-state index in [-0.39, 0.29) is 5.97 Å². The van der Waals surface area contributed by atoms with E-state index in [1.165, 1.54) is 25.7 Å². The first-order valence-electron chi connectivity index (χ1n) is 7.44. The van der Waals surface area contributed by atoms with E-state index in [4.69, 9.17) is 4.74 Å². The van der Waals surface area contributed by atoms with Crippen molar-refractivity contribution in [2.75, 3.05) is 13.2 Å². The van der Waals surface area contributed by atoms with Crippen molar-refractivity contribution in [1.29, 1.82) is 0 Å². The number of aromatic nitrogens is 2. The smallest absolute Gasteiger partial charge is 0.341 e. The lowest BCUT2D eigenvalue weighted by Gasteiger charge is -2.23. The van der Waals surface area contributed by atoms with Gasteiger partial charge in [-0.25, -0.2) is 4.79 Å². The Bertz CT molecular complexity index is 462. The van der Waals surface area contributed by atoms with Crippen LogP contribution in [-0.4, -0.2) is 28.9 Å². The van der Waals surface area contributed by atoms with Crippen LogP contribution in [0, 0.1) is 5.41 Å². The van der Waals surface area contributed by atoms with Crippen LogP contribution < -0.4 is 5.32 Å². The van der Waals surface area contributed by atoms with Crippen LogP contribution in [0.2, 0.25) is 0 Å². The number of nitrogens with zero attached hydrogens (tertiary/aromatic N) is 2. The Morgan fingerprint density at radius 3 is 2.85 bits per heavy atom. The van der Waals surface area contributed by atoms with E-state index in [0.717, 1.165) is 12.2 Å². The molecule has 5 nitrogen and oxygen atoms in total. The van der Waals surface area contributed by atoms with Crippen LogP contribution in [0.15, 0.2) is 6.20 Å². The second kappa shape index (κ2) is 6.39. The predicted molar refractivity (Wildman–Crippen MR) is 77.4 cm³/mol. The van der Waals surface area contributed by atoms with Crippen molar-refractivity contribution in [3.05, 3.63) is 17.5 Å². The lowest BCUT2D eigenvalue weighted by atomic mass is 9.89. The number of rotatable bonds is 6. The summed E-state index contributed by atoms with van der Waals surface area (Å²) in [5.74, 6) is -0.288. The molecule has 112 valence electrons. The summed E-state index contributed by atoms with van der Waals surface area (Å²) in [5.41, 5.74) is 1.87. The van der Waals surface area contributed by atoms with Crippen LogP contribution in [0.3, 0.4) is 0 Å². The Hall–Kier alpha value is -1.36. The molecule has 1 N–H and O–H groups in total. The highest BCUT2D eigenvalue weighted by Crippen LogP contribution is 2.36. The van der Waals surface area contributed by atoms with E-state index < -0.39 is 0 Å². The van der Waals surface area contributed by atoms with Gasteiger partial charge in [-0.1, -0.05) is 19.8 Å². The van der Waals surface area contributed by atoms with Gasteiger partial charge in [0, 0.05) is 20.1 Å². The van der Waals surface area contributed by atoms with Crippen molar-refractivity contribution in [1.82, 2.24) is 15.1 Å². The van der Waals surface area contributed by atoms with Gasteiger partial charge in [0.05, 0.1) is 18.5 Å². The number of aryl methyl sites for hydroxylation is 1. The summed E-state index contributed by atoms with van der Waals surface area (Å²) in [7, 11) is 1.86. The summed E-state index contributed by atoms with van der Waals surface area (Å²) in [4.78, 5) is 11.9. The average Bonchev–Trinajstić information content (AvgIpc) is 2.98. The molecule has 20 heavy (non-hydrogen) atoms. The van der Waals surface area contributed by atoms with Gasteiger partial charge in [0.1, 0.15) is 5.56 Å². The van der Waals surface area contributed by atoms with Crippen LogP contribution in [0.1, 0.15) is 55.6 Å². The number of hydrogen-bond donors (Lipinski definition) is 1. The molecule has 1 aromatic heterocycles. The molecular weight excluding hydrogens is 254 g/mol. The molecule has 1 heterocycles. The molecule has 5 heteroatoms. The number of carbonyl (C=O) groups excluding carboxylic acids is 1. The van der Waals surface area contributed by atoms with Gasteiger partial charge < -0.3 is 10.1 Å². The zero-order chi connectivity index (χ0) is 14.6. The molecule has 1 fully saturated rings. The molecule has 0 aromatic carbocycles. The third kappa shape index (κ3) is 3.39. The highest BCUT2D eigenvalue weighted by Gasteiger charge is 2.28. The number of ether oxygens (including phenoxy) is 1. The quantitative estimate of drug-likeness (QED) is 0.812. The highest BCUT2D eigenvalue weighted by molar-refractivity contribution is 5.90. The maximum absolute atomic E-state index is 11.9. The maximum Gasteiger partial charge on any atom is 0.341 e. The standard InChI is InChI=1S/C15H25N3O2/c1-4-20-14(19)12-9-17-18(3)13(12)10-16-11-15(2)7-5-6-8-15/h9,16H,4-8,10-11H2,1-3H3. The number of hydrogen-bond acceptors (Lipinski definition) is 4. The Kier molecular flexibility index (Phi) is 4.81. The molecular formula is C15H25N3O2. The molecule has 0 saturated heterocycles. The van der Waals surface area contributed by atoms with Gasteiger partial charge in [0.2, 0.25) is 0 Å². The Morgan fingerprint density at radius 1 is 1.50 bits per heavy atom.